The minimum Gasteiger partial charge on any atom is -0.375 e. The molecule has 2 aromatic carbocycles. The smallest absolute Gasteiger partial charge is 0.375 e. The zero-order chi connectivity index (χ0) is 21.7. The van der Waals surface area contributed by atoms with Crippen LogP contribution < -0.4 is 4.90 Å². The third-order valence-electron chi connectivity index (χ3n) is 5.22. The van der Waals surface area contributed by atoms with Crippen molar-refractivity contribution >= 4 is 11.6 Å². The van der Waals surface area contributed by atoms with Crippen molar-refractivity contribution < 1.29 is 27.1 Å². The molecule has 1 fully saturated rings. The molecule has 1 aliphatic rings. The normalized spacial score (nSPS) is 15.9. The van der Waals surface area contributed by atoms with Crippen LogP contribution in [0.2, 0.25) is 0 Å². The number of anilines is 1. The van der Waals surface area contributed by atoms with Gasteiger partial charge in [0.15, 0.2) is 0 Å². The van der Waals surface area contributed by atoms with Crippen LogP contribution >= 0.6 is 0 Å². The molecule has 1 amide bonds. The molecular formula is C22H24F4N2O2. The van der Waals surface area contributed by atoms with Crippen LogP contribution in [0.3, 0.4) is 0 Å². The maximum atomic E-state index is 13.3. The summed E-state index contributed by atoms with van der Waals surface area (Å²) in [5, 5.41) is 0. The number of carbonyl (C=O) groups is 1. The molecule has 1 aliphatic heterocycles. The number of likely N-dealkylation sites (tertiary alicyclic amines) is 1. The van der Waals surface area contributed by atoms with Gasteiger partial charge in [-0.25, -0.2) is 4.39 Å². The second-order valence-electron chi connectivity index (χ2n) is 7.38. The van der Waals surface area contributed by atoms with Crippen LogP contribution in [0.4, 0.5) is 23.2 Å². The van der Waals surface area contributed by atoms with Crippen molar-refractivity contribution in [2.75, 3.05) is 31.7 Å². The molecular weight excluding hydrogens is 400 g/mol. The van der Waals surface area contributed by atoms with Crippen LogP contribution in [-0.2, 0) is 22.3 Å². The average molecular weight is 424 g/mol. The third-order valence-corrected chi connectivity index (χ3v) is 5.22. The summed E-state index contributed by atoms with van der Waals surface area (Å²) in [4.78, 5) is 16.3. The highest BCUT2D eigenvalue weighted by Crippen LogP contribution is 2.30. The SMILES string of the molecule is COCC(=O)N(c1ccc(F)cc1)C1CCN(Cc2cccc(C(F)(F)F)c2)CC1. The molecule has 0 aromatic heterocycles. The van der Waals surface area contributed by atoms with Crippen molar-refractivity contribution in [2.45, 2.75) is 31.6 Å². The third kappa shape index (κ3) is 5.58. The maximum Gasteiger partial charge on any atom is 0.416 e. The van der Waals surface area contributed by atoms with Gasteiger partial charge in [0.25, 0.3) is 5.91 Å². The van der Waals surface area contributed by atoms with E-state index in [2.05, 4.69) is 4.90 Å². The van der Waals surface area contributed by atoms with E-state index in [1.54, 1.807) is 23.1 Å². The number of alkyl halides is 3. The number of hydrogen-bond donors (Lipinski definition) is 0. The summed E-state index contributed by atoms with van der Waals surface area (Å²) in [6.07, 6.45) is -3.04. The molecule has 1 saturated heterocycles. The maximum absolute atomic E-state index is 13.3. The predicted octanol–water partition coefficient (Wildman–Crippen LogP) is 4.49. The van der Waals surface area contributed by atoms with E-state index in [0.717, 1.165) is 6.07 Å². The van der Waals surface area contributed by atoms with Gasteiger partial charge in [0.05, 0.1) is 5.56 Å². The van der Waals surface area contributed by atoms with E-state index in [1.165, 1.54) is 31.4 Å². The molecule has 30 heavy (non-hydrogen) atoms. The first-order valence-corrected chi connectivity index (χ1v) is 9.73. The Bertz CT molecular complexity index is 847. The fraction of sp³-hybridized carbons (Fsp3) is 0.409. The number of amides is 1. The largest absolute Gasteiger partial charge is 0.416 e. The number of methoxy groups -OCH3 is 1. The predicted molar refractivity (Wildman–Crippen MR) is 106 cm³/mol. The van der Waals surface area contributed by atoms with Gasteiger partial charge in [0.1, 0.15) is 12.4 Å². The summed E-state index contributed by atoms with van der Waals surface area (Å²) in [7, 11) is 1.44. The Morgan fingerprint density at radius 1 is 1.13 bits per heavy atom. The van der Waals surface area contributed by atoms with Crippen molar-refractivity contribution in [1.82, 2.24) is 4.90 Å². The highest BCUT2D eigenvalue weighted by Gasteiger charge is 2.31. The van der Waals surface area contributed by atoms with Gasteiger partial charge in [0.2, 0.25) is 0 Å². The molecule has 2 aromatic rings. The molecule has 3 rings (SSSR count). The number of ether oxygens (including phenoxy) is 1. The zero-order valence-corrected chi connectivity index (χ0v) is 16.7. The molecule has 0 spiro atoms. The van der Waals surface area contributed by atoms with Crippen LogP contribution in [0.15, 0.2) is 48.5 Å². The Balaban J connectivity index is 1.66. The van der Waals surface area contributed by atoms with E-state index in [0.29, 0.717) is 43.7 Å². The Morgan fingerprint density at radius 3 is 2.40 bits per heavy atom. The summed E-state index contributed by atoms with van der Waals surface area (Å²) in [6.45, 7) is 1.61. The molecule has 0 aliphatic carbocycles. The quantitative estimate of drug-likeness (QED) is 0.641. The molecule has 0 unspecified atom stereocenters. The Hall–Kier alpha value is -2.45. The summed E-state index contributed by atoms with van der Waals surface area (Å²) in [6, 6.07) is 11.0. The van der Waals surface area contributed by atoms with Crippen molar-refractivity contribution in [3.8, 4) is 0 Å². The van der Waals surface area contributed by atoms with Gasteiger partial charge in [-0.05, 0) is 48.7 Å². The van der Waals surface area contributed by atoms with Crippen molar-refractivity contribution in [2.24, 2.45) is 0 Å². The summed E-state index contributed by atoms with van der Waals surface area (Å²) in [5.41, 5.74) is 0.562. The van der Waals surface area contributed by atoms with Crippen LogP contribution in [0.1, 0.15) is 24.0 Å². The minimum atomic E-state index is -4.36. The Kier molecular flexibility index (Phi) is 7.10. The van der Waals surface area contributed by atoms with Gasteiger partial charge in [-0.15, -0.1) is 0 Å². The first-order chi connectivity index (χ1) is 14.3. The van der Waals surface area contributed by atoms with Crippen LogP contribution in [0.25, 0.3) is 0 Å². The molecule has 0 radical (unpaired) electrons. The van der Waals surface area contributed by atoms with E-state index in [1.807, 2.05) is 0 Å². The fourth-order valence-electron chi connectivity index (χ4n) is 3.79. The molecule has 162 valence electrons. The number of piperidine rings is 1. The highest BCUT2D eigenvalue weighted by molar-refractivity contribution is 5.94. The van der Waals surface area contributed by atoms with E-state index in [4.69, 9.17) is 4.74 Å². The van der Waals surface area contributed by atoms with Crippen LogP contribution in [-0.4, -0.2) is 43.7 Å². The van der Waals surface area contributed by atoms with Gasteiger partial charge in [0, 0.05) is 38.5 Å². The summed E-state index contributed by atoms with van der Waals surface area (Å²) >= 11 is 0. The van der Waals surface area contributed by atoms with Crippen molar-refractivity contribution in [1.29, 1.82) is 0 Å². The van der Waals surface area contributed by atoms with E-state index in [-0.39, 0.29) is 24.4 Å². The fourth-order valence-corrected chi connectivity index (χ4v) is 3.79. The van der Waals surface area contributed by atoms with Gasteiger partial charge in [-0.3, -0.25) is 9.69 Å². The molecule has 0 N–H and O–H groups in total. The molecule has 4 nitrogen and oxygen atoms in total. The lowest BCUT2D eigenvalue weighted by Gasteiger charge is -2.38. The number of halogens is 4. The molecule has 0 atom stereocenters. The van der Waals surface area contributed by atoms with Gasteiger partial charge < -0.3 is 9.64 Å². The molecule has 0 saturated carbocycles. The second kappa shape index (κ2) is 9.57. The molecule has 1 heterocycles. The molecule has 8 heteroatoms. The standard InChI is InChI=1S/C22H24F4N2O2/c1-30-15-21(29)28(19-7-5-18(23)6-8-19)20-9-11-27(12-10-20)14-16-3-2-4-17(13-16)22(24,25)26/h2-8,13,20H,9-12,14-15H2,1H3. The van der Waals surface area contributed by atoms with E-state index in [9.17, 15) is 22.4 Å². The topological polar surface area (TPSA) is 32.8 Å². The first-order valence-electron chi connectivity index (χ1n) is 9.73. The van der Waals surface area contributed by atoms with E-state index < -0.39 is 11.7 Å². The Morgan fingerprint density at radius 2 is 1.80 bits per heavy atom. The van der Waals surface area contributed by atoms with Gasteiger partial charge in [-0.2, -0.15) is 13.2 Å². The van der Waals surface area contributed by atoms with Crippen LogP contribution in [0.5, 0.6) is 0 Å². The van der Waals surface area contributed by atoms with E-state index >= 15 is 0 Å². The van der Waals surface area contributed by atoms with Gasteiger partial charge >= 0.3 is 6.18 Å². The molecule has 0 bridgehead atoms. The van der Waals surface area contributed by atoms with Gasteiger partial charge in [-0.1, -0.05) is 18.2 Å². The Labute approximate surface area is 173 Å². The van der Waals surface area contributed by atoms with Crippen molar-refractivity contribution in [3.63, 3.8) is 0 Å². The number of carbonyl (C=O) groups excluding carboxylic acids is 1. The summed E-state index contributed by atoms with van der Waals surface area (Å²) < 4.78 is 57.1. The zero-order valence-electron chi connectivity index (χ0n) is 16.7. The number of nitrogens with zero attached hydrogens (tertiary/aromatic N) is 2. The lowest BCUT2D eigenvalue weighted by molar-refractivity contribution is -0.137. The average Bonchev–Trinajstić information content (AvgIpc) is 2.71. The first kappa shape index (κ1) is 22.2. The number of hydrogen-bond acceptors (Lipinski definition) is 3. The number of benzene rings is 2. The lowest BCUT2D eigenvalue weighted by Crippen LogP contribution is -2.48. The van der Waals surface area contributed by atoms with Crippen LogP contribution in [0, 0.1) is 5.82 Å². The summed E-state index contributed by atoms with van der Waals surface area (Å²) in [5.74, 6) is -0.589. The van der Waals surface area contributed by atoms with Crippen molar-refractivity contribution in [3.05, 3.63) is 65.5 Å². The lowest BCUT2D eigenvalue weighted by atomic mass is 10.0. The minimum absolute atomic E-state index is 0.0815. The number of rotatable bonds is 6. The highest BCUT2D eigenvalue weighted by atomic mass is 19.4. The monoisotopic (exact) mass is 424 g/mol. The second-order valence-corrected chi connectivity index (χ2v) is 7.38.